The Morgan fingerprint density at radius 1 is 1.30 bits per heavy atom. The number of hydrogen-bond acceptors (Lipinski definition) is 3. The monoisotopic (exact) mass is 275 g/mol. The number of anilines is 3. The van der Waals surface area contributed by atoms with Crippen molar-refractivity contribution >= 4 is 23.0 Å². The molecule has 2 rings (SSSR count). The molecule has 0 aromatic heterocycles. The lowest BCUT2D eigenvalue weighted by molar-refractivity contribution is -0.114. The third kappa shape index (κ3) is 3.24. The maximum Gasteiger partial charge on any atom is 0.221 e. The van der Waals surface area contributed by atoms with Crippen molar-refractivity contribution in [3.63, 3.8) is 0 Å². The normalized spacial score (nSPS) is 22.7. The van der Waals surface area contributed by atoms with E-state index in [1.165, 1.54) is 19.0 Å². The number of piperidine rings is 1. The van der Waals surface area contributed by atoms with Gasteiger partial charge < -0.3 is 16.0 Å². The number of hydrogen-bond donors (Lipinski definition) is 2. The van der Waals surface area contributed by atoms with E-state index in [9.17, 15) is 4.79 Å². The van der Waals surface area contributed by atoms with E-state index in [4.69, 9.17) is 5.73 Å². The van der Waals surface area contributed by atoms with Crippen LogP contribution in [0, 0.1) is 18.8 Å². The highest BCUT2D eigenvalue weighted by Crippen LogP contribution is 2.33. The van der Waals surface area contributed by atoms with E-state index >= 15 is 0 Å². The predicted molar refractivity (Wildman–Crippen MR) is 85.1 cm³/mol. The lowest BCUT2D eigenvalue weighted by Crippen LogP contribution is -2.39. The molecule has 3 N–H and O–H groups in total. The third-order valence-corrected chi connectivity index (χ3v) is 3.89. The van der Waals surface area contributed by atoms with Crippen LogP contribution in [0.25, 0.3) is 0 Å². The number of carbonyl (C=O) groups is 1. The summed E-state index contributed by atoms with van der Waals surface area (Å²) < 4.78 is 0. The molecular formula is C16H25N3O. The first-order valence-electron chi connectivity index (χ1n) is 7.29. The smallest absolute Gasteiger partial charge is 0.221 e. The minimum Gasteiger partial charge on any atom is -0.397 e. The van der Waals surface area contributed by atoms with Crippen LogP contribution in [0.1, 0.15) is 32.8 Å². The Labute approximate surface area is 121 Å². The minimum atomic E-state index is -0.0908. The highest BCUT2D eigenvalue weighted by Gasteiger charge is 2.23. The summed E-state index contributed by atoms with van der Waals surface area (Å²) in [5.74, 6) is 1.30. The minimum absolute atomic E-state index is 0.0908. The lowest BCUT2D eigenvalue weighted by atomic mass is 9.91. The summed E-state index contributed by atoms with van der Waals surface area (Å²) in [6.45, 7) is 10.3. The molecule has 1 amide bonds. The molecule has 4 heteroatoms. The van der Waals surface area contributed by atoms with Gasteiger partial charge in [0.25, 0.3) is 0 Å². The second kappa shape index (κ2) is 5.73. The maximum absolute atomic E-state index is 11.3. The Morgan fingerprint density at radius 3 is 2.45 bits per heavy atom. The van der Waals surface area contributed by atoms with Crippen molar-refractivity contribution in [3.8, 4) is 0 Å². The van der Waals surface area contributed by atoms with Gasteiger partial charge >= 0.3 is 0 Å². The number of nitrogens with zero attached hydrogens (tertiary/aromatic N) is 1. The largest absolute Gasteiger partial charge is 0.397 e. The van der Waals surface area contributed by atoms with Gasteiger partial charge in [-0.2, -0.15) is 0 Å². The van der Waals surface area contributed by atoms with Crippen molar-refractivity contribution < 1.29 is 4.79 Å². The van der Waals surface area contributed by atoms with Crippen LogP contribution in [0.2, 0.25) is 0 Å². The molecule has 1 fully saturated rings. The number of nitrogen functional groups attached to an aromatic ring is 1. The van der Waals surface area contributed by atoms with Crippen LogP contribution in [0.15, 0.2) is 12.1 Å². The SMILES string of the molecule is CC(=O)Nc1cc(N2C[C@@H](C)C[C@H](C)C2)c(C)cc1N. The number of carbonyl (C=O) groups excluding carboxylic acids is 1. The molecule has 0 aliphatic carbocycles. The van der Waals surface area contributed by atoms with Crippen LogP contribution < -0.4 is 16.0 Å². The van der Waals surface area contributed by atoms with Gasteiger partial charge in [-0.15, -0.1) is 0 Å². The zero-order valence-corrected chi connectivity index (χ0v) is 12.9. The van der Waals surface area contributed by atoms with Gasteiger partial charge in [0.1, 0.15) is 0 Å². The van der Waals surface area contributed by atoms with Crippen LogP contribution in [0.5, 0.6) is 0 Å². The van der Waals surface area contributed by atoms with E-state index in [1.54, 1.807) is 0 Å². The van der Waals surface area contributed by atoms with Gasteiger partial charge in [0.05, 0.1) is 11.4 Å². The van der Waals surface area contributed by atoms with Crippen molar-refractivity contribution in [2.75, 3.05) is 29.0 Å². The first-order chi connectivity index (χ1) is 9.36. The quantitative estimate of drug-likeness (QED) is 0.816. The number of nitrogens with two attached hydrogens (primary N) is 1. The van der Waals surface area contributed by atoms with Crippen molar-refractivity contribution in [1.29, 1.82) is 0 Å². The molecule has 110 valence electrons. The number of nitrogens with one attached hydrogen (secondary N) is 1. The second-order valence-corrected chi connectivity index (χ2v) is 6.26. The molecule has 0 radical (unpaired) electrons. The van der Waals surface area contributed by atoms with Gasteiger partial charge in [-0.25, -0.2) is 0 Å². The Kier molecular flexibility index (Phi) is 4.21. The van der Waals surface area contributed by atoms with Gasteiger partial charge in [-0.05, 0) is 42.9 Å². The Bertz CT molecular complexity index is 503. The fraction of sp³-hybridized carbons (Fsp3) is 0.562. The van der Waals surface area contributed by atoms with E-state index in [2.05, 4.69) is 31.0 Å². The molecule has 1 saturated heterocycles. The molecule has 2 atom stereocenters. The average molecular weight is 275 g/mol. The van der Waals surface area contributed by atoms with Gasteiger partial charge in [0.2, 0.25) is 5.91 Å². The van der Waals surface area contributed by atoms with Crippen LogP contribution in [-0.2, 0) is 4.79 Å². The first kappa shape index (κ1) is 14.7. The first-order valence-corrected chi connectivity index (χ1v) is 7.29. The van der Waals surface area contributed by atoms with E-state index < -0.39 is 0 Å². The van der Waals surface area contributed by atoms with Crippen LogP contribution in [-0.4, -0.2) is 19.0 Å². The zero-order valence-electron chi connectivity index (χ0n) is 12.9. The molecule has 4 nitrogen and oxygen atoms in total. The summed E-state index contributed by atoms with van der Waals surface area (Å²) in [4.78, 5) is 13.7. The highest BCUT2D eigenvalue weighted by atomic mass is 16.1. The van der Waals surface area contributed by atoms with E-state index in [1.807, 2.05) is 12.1 Å². The molecule has 20 heavy (non-hydrogen) atoms. The Balaban J connectivity index is 2.32. The van der Waals surface area contributed by atoms with Crippen LogP contribution in [0.4, 0.5) is 17.1 Å². The summed E-state index contributed by atoms with van der Waals surface area (Å²) in [5, 5.41) is 2.81. The average Bonchev–Trinajstić information content (AvgIpc) is 2.30. The number of aryl methyl sites for hydroxylation is 1. The van der Waals surface area contributed by atoms with Crippen molar-refractivity contribution in [3.05, 3.63) is 17.7 Å². The second-order valence-electron chi connectivity index (χ2n) is 6.26. The topological polar surface area (TPSA) is 58.4 Å². The molecule has 0 spiro atoms. The summed E-state index contributed by atoms with van der Waals surface area (Å²) in [6, 6.07) is 3.96. The summed E-state index contributed by atoms with van der Waals surface area (Å²) in [5.41, 5.74) is 9.67. The van der Waals surface area contributed by atoms with Crippen molar-refractivity contribution in [2.45, 2.75) is 34.1 Å². The molecule has 1 aliphatic heterocycles. The van der Waals surface area contributed by atoms with Gasteiger partial charge in [0.15, 0.2) is 0 Å². The number of benzene rings is 1. The van der Waals surface area contributed by atoms with Crippen LogP contribution in [0.3, 0.4) is 0 Å². The van der Waals surface area contributed by atoms with E-state index in [0.29, 0.717) is 23.2 Å². The molecule has 1 aliphatic rings. The predicted octanol–water partition coefficient (Wildman–Crippen LogP) is 3.02. The zero-order chi connectivity index (χ0) is 14.9. The number of rotatable bonds is 2. The standard InChI is InChI=1S/C16H25N3O/c1-10-5-11(2)9-19(8-10)16-7-15(18-13(4)20)14(17)6-12(16)3/h6-7,10-11H,5,8-9,17H2,1-4H3,(H,18,20)/t10-,11-/m0/s1. The molecule has 1 heterocycles. The lowest BCUT2D eigenvalue weighted by Gasteiger charge is -2.37. The molecule has 0 unspecified atom stereocenters. The van der Waals surface area contributed by atoms with Crippen LogP contribution >= 0.6 is 0 Å². The molecule has 0 bridgehead atoms. The fourth-order valence-electron chi connectivity index (χ4n) is 3.22. The van der Waals surface area contributed by atoms with Crippen molar-refractivity contribution in [1.82, 2.24) is 0 Å². The van der Waals surface area contributed by atoms with Gasteiger partial charge in [-0.3, -0.25) is 4.79 Å². The van der Waals surface area contributed by atoms with E-state index in [0.717, 1.165) is 18.7 Å². The molecule has 1 aromatic carbocycles. The highest BCUT2D eigenvalue weighted by molar-refractivity contribution is 5.93. The van der Waals surface area contributed by atoms with Gasteiger partial charge in [-0.1, -0.05) is 13.8 Å². The van der Waals surface area contributed by atoms with Gasteiger partial charge in [0, 0.05) is 25.7 Å². The molecular weight excluding hydrogens is 250 g/mol. The summed E-state index contributed by atoms with van der Waals surface area (Å²) in [7, 11) is 0. The molecule has 1 aromatic rings. The molecule has 0 saturated carbocycles. The number of amides is 1. The summed E-state index contributed by atoms with van der Waals surface area (Å²) >= 11 is 0. The van der Waals surface area contributed by atoms with Crippen molar-refractivity contribution in [2.24, 2.45) is 11.8 Å². The third-order valence-electron chi connectivity index (χ3n) is 3.89. The van der Waals surface area contributed by atoms with E-state index in [-0.39, 0.29) is 5.91 Å². The maximum atomic E-state index is 11.3. The Morgan fingerprint density at radius 2 is 1.90 bits per heavy atom. The summed E-state index contributed by atoms with van der Waals surface area (Å²) in [6.07, 6.45) is 1.28. The Hall–Kier alpha value is -1.71. The fourth-order valence-corrected chi connectivity index (χ4v) is 3.22.